The summed E-state index contributed by atoms with van der Waals surface area (Å²) >= 11 is 0. The minimum atomic E-state index is -4.73. The number of hydrogen-bond donors (Lipinski definition) is 3. The first-order chi connectivity index (χ1) is 10.7. The molecule has 128 valence electrons. The summed E-state index contributed by atoms with van der Waals surface area (Å²) < 4.78 is 39.8. The van der Waals surface area contributed by atoms with Crippen LogP contribution in [0.4, 0.5) is 18.9 Å². The molecule has 0 aliphatic rings. The van der Waals surface area contributed by atoms with Crippen molar-refractivity contribution in [2.45, 2.75) is 32.7 Å². The number of carbonyl (C=O) groups excluding carboxylic acids is 1. The zero-order valence-corrected chi connectivity index (χ0v) is 12.8. The minimum Gasteiger partial charge on any atom is -0.406 e. The van der Waals surface area contributed by atoms with Gasteiger partial charge in [0, 0.05) is 18.2 Å². The van der Waals surface area contributed by atoms with Gasteiger partial charge in [-0.3, -0.25) is 9.79 Å². The second kappa shape index (κ2) is 8.25. The molecule has 9 heteroatoms. The molecule has 0 saturated carbocycles. The fourth-order valence-electron chi connectivity index (χ4n) is 1.60. The maximum atomic E-state index is 12.0. The van der Waals surface area contributed by atoms with Gasteiger partial charge in [-0.25, -0.2) is 0 Å². The van der Waals surface area contributed by atoms with Crippen LogP contribution in [0.5, 0.6) is 5.75 Å². The Labute approximate surface area is 131 Å². The second-order valence-corrected chi connectivity index (χ2v) is 4.94. The van der Waals surface area contributed by atoms with Gasteiger partial charge in [0.2, 0.25) is 5.91 Å². The normalized spacial score (nSPS) is 12.2. The molecule has 0 bridgehead atoms. The van der Waals surface area contributed by atoms with E-state index in [9.17, 15) is 18.0 Å². The van der Waals surface area contributed by atoms with Crippen molar-refractivity contribution in [2.24, 2.45) is 10.7 Å². The standard InChI is InChI=1S/C14H19F3N4O2/c1-9(2)20-12(22)7-8-19-13(18)21-10-3-5-11(6-4-10)23-14(15,16)17/h3-6,9H,7-8H2,1-2H3,(H,20,22)(H3,18,19,21). The van der Waals surface area contributed by atoms with Gasteiger partial charge >= 0.3 is 6.36 Å². The molecule has 0 aromatic heterocycles. The lowest BCUT2D eigenvalue weighted by molar-refractivity contribution is -0.274. The number of nitrogens with two attached hydrogens (primary N) is 1. The number of nitrogens with one attached hydrogen (secondary N) is 2. The number of benzene rings is 1. The summed E-state index contributed by atoms with van der Waals surface area (Å²) in [6, 6.07) is 5.10. The van der Waals surface area contributed by atoms with E-state index in [-0.39, 0.29) is 36.6 Å². The van der Waals surface area contributed by atoms with E-state index in [4.69, 9.17) is 5.73 Å². The number of hydrogen-bond acceptors (Lipinski definition) is 3. The van der Waals surface area contributed by atoms with Crippen molar-refractivity contribution in [3.63, 3.8) is 0 Å². The highest BCUT2D eigenvalue weighted by Gasteiger charge is 2.30. The van der Waals surface area contributed by atoms with Gasteiger partial charge in [-0.15, -0.1) is 13.2 Å². The number of aliphatic imine (C=N–C) groups is 1. The Balaban J connectivity index is 2.46. The molecule has 1 amide bonds. The maximum absolute atomic E-state index is 12.0. The number of carbonyl (C=O) groups is 1. The number of amides is 1. The monoisotopic (exact) mass is 332 g/mol. The molecule has 0 spiro atoms. The summed E-state index contributed by atoms with van der Waals surface area (Å²) in [5.41, 5.74) is 6.08. The van der Waals surface area contributed by atoms with E-state index >= 15 is 0 Å². The molecule has 6 nitrogen and oxygen atoms in total. The number of nitrogens with zero attached hydrogens (tertiary/aromatic N) is 1. The molecule has 0 atom stereocenters. The van der Waals surface area contributed by atoms with Crippen LogP contribution in [0.3, 0.4) is 0 Å². The van der Waals surface area contributed by atoms with E-state index < -0.39 is 6.36 Å². The van der Waals surface area contributed by atoms with Gasteiger partial charge in [-0.1, -0.05) is 0 Å². The molecule has 4 N–H and O–H groups in total. The highest BCUT2D eigenvalue weighted by atomic mass is 19.4. The van der Waals surface area contributed by atoms with E-state index in [0.29, 0.717) is 5.69 Å². The zero-order valence-electron chi connectivity index (χ0n) is 12.8. The molecule has 23 heavy (non-hydrogen) atoms. The van der Waals surface area contributed by atoms with Crippen LogP contribution in [-0.2, 0) is 4.79 Å². The average molecular weight is 332 g/mol. The third kappa shape index (κ3) is 8.54. The van der Waals surface area contributed by atoms with Crippen molar-refractivity contribution < 1.29 is 22.7 Å². The number of halogens is 3. The summed E-state index contributed by atoms with van der Waals surface area (Å²) in [7, 11) is 0. The first-order valence-electron chi connectivity index (χ1n) is 6.88. The van der Waals surface area contributed by atoms with E-state index in [1.165, 1.54) is 12.1 Å². The van der Waals surface area contributed by atoms with Crippen LogP contribution in [0.25, 0.3) is 0 Å². The molecule has 0 fully saturated rings. The summed E-state index contributed by atoms with van der Waals surface area (Å²) in [6.45, 7) is 3.90. The Morgan fingerprint density at radius 1 is 1.30 bits per heavy atom. The predicted molar refractivity (Wildman–Crippen MR) is 81.1 cm³/mol. The van der Waals surface area contributed by atoms with Gasteiger partial charge in [-0.05, 0) is 38.1 Å². The highest BCUT2D eigenvalue weighted by Crippen LogP contribution is 2.23. The number of rotatable bonds is 6. The Morgan fingerprint density at radius 3 is 2.43 bits per heavy atom. The quantitative estimate of drug-likeness (QED) is 0.550. The molecule has 0 unspecified atom stereocenters. The van der Waals surface area contributed by atoms with E-state index in [0.717, 1.165) is 12.1 Å². The number of alkyl halides is 3. The van der Waals surface area contributed by atoms with Crippen molar-refractivity contribution in [3.8, 4) is 5.75 Å². The fraction of sp³-hybridized carbons (Fsp3) is 0.429. The van der Waals surface area contributed by atoms with E-state index in [2.05, 4.69) is 20.4 Å². The molecule has 0 heterocycles. The van der Waals surface area contributed by atoms with Crippen molar-refractivity contribution in [1.29, 1.82) is 0 Å². The summed E-state index contributed by atoms with van der Waals surface area (Å²) in [6.07, 6.45) is -4.54. The van der Waals surface area contributed by atoms with Crippen molar-refractivity contribution >= 4 is 17.6 Å². The predicted octanol–water partition coefficient (Wildman–Crippen LogP) is 2.23. The van der Waals surface area contributed by atoms with Gasteiger partial charge in [0.25, 0.3) is 0 Å². The molecular weight excluding hydrogens is 313 g/mol. The molecule has 0 aliphatic carbocycles. The minimum absolute atomic E-state index is 0.0550. The van der Waals surface area contributed by atoms with Crippen LogP contribution in [0, 0.1) is 0 Å². The lowest BCUT2D eigenvalue weighted by Gasteiger charge is -2.10. The van der Waals surface area contributed by atoms with Crippen LogP contribution >= 0.6 is 0 Å². The molecule has 0 radical (unpaired) electrons. The summed E-state index contributed by atoms with van der Waals surface area (Å²) in [5, 5.41) is 5.42. The van der Waals surface area contributed by atoms with E-state index in [1.807, 2.05) is 13.8 Å². The Hall–Kier alpha value is -2.45. The first kappa shape index (κ1) is 18.6. The SMILES string of the molecule is CC(C)NC(=O)CCN=C(N)Nc1ccc(OC(F)(F)F)cc1. The van der Waals surface area contributed by atoms with Crippen molar-refractivity contribution in [2.75, 3.05) is 11.9 Å². The third-order valence-electron chi connectivity index (χ3n) is 2.43. The van der Waals surface area contributed by atoms with Gasteiger partial charge in [0.15, 0.2) is 5.96 Å². The topological polar surface area (TPSA) is 88.7 Å². The van der Waals surface area contributed by atoms with Crippen molar-refractivity contribution in [1.82, 2.24) is 5.32 Å². The van der Waals surface area contributed by atoms with Crippen molar-refractivity contribution in [3.05, 3.63) is 24.3 Å². The van der Waals surface area contributed by atoms with Gasteiger partial charge in [-0.2, -0.15) is 0 Å². The third-order valence-corrected chi connectivity index (χ3v) is 2.43. The molecule has 1 rings (SSSR count). The zero-order chi connectivity index (χ0) is 17.5. The van der Waals surface area contributed by atoms with E-state index in [1.54, 1.807) is 0 Å². The lowest BCUT2D eigenvalue weighted by Crippen LogP contribution is -2.30. The van der Waals surface area contributed by atoms with Crippen LogP contribution in [0.15, 0.2) is 29.3 Å². The van der Waals surface area contributed by atoms with Crippen LogP contribution < -0.4 is 21.1 Å². The smallest absolute Gasteiger partial charge is 0.406 e. The van der Waals surface area contributed by atoms with Crippen LogP contribution in [0.1, 0.15) is 20.3 Å². The molecule has 1 aromatic rings. The Bertz CT molecular complexity index is 542. The Kier molecular flexibility index (Phi) is 6.67. The van der Waals surface area contributed by atoms with Gasteiger partial charge < -0.3 is 21.1 Å². The van der Waals surface area contributed by atoms with Crippen LogP contribution in [-0.4, -0.2) is 30.8 Å². The largest absolute Gasteiger partial charge is 0.573 e. The van der Waals surface area contributed by atoms with Gasteiger partial charge in [0.1, 0.15) is 5.75 Å². The fourth-order valence-corrected chi connectivity index (χ4v) is 1.60. The van der Waals surface area contributed by atoms with Crippen LogP contribution in [0.2, 0.25) is 0 Å². The maximum Gasteiger partial charge on any atom is 0.573 e. The number of guanidine groups is 1. The molecule has 0 aliphatic heterocycles. The average Bonchev–Trinajstić information content (AvgIpc) is 2.38. The first-order valence-corrected chi connectivity index (χ1v) is 6.88. The Morgan fingerprint density at radius 2 is 1.91 bits per heavy atom. The lowest BCUT2D eigenvalue weighted by atomic mass is 10.3. The second-order valence-electron chi connectivity index (χ2n) is 4.94. The summed E-state index contributed by atoms with van der Waals surface area (Å²) in [4.78, 5) is 15.4. The highest BCUT2D eigenvalue weighted by molar-refractivity contribution is 5.92. The molecular formula is C14H19F3N4O2. The molecule has 1 aromatic carbocycles. The molecule has 0 saturated heterocycles. The van der Waals surface area contributed by atoms with Gasteiger partial charge in [0.05, 0.1) is 6.54 Å². The summed E-state index contributed by atoms with van der Waals surface area (Å²) in [5.74, 6) is -0.402. The number of ether oxygens (including phenoxy) is 1. The number of anilines is 1.